The Hall–Kier alpha value is -0.580. The van der Waals surface area contributed by atoms with Crippen molar-refractivity contribution >= 4 is 29.7 Å². The molecule has 0 saturated heterocycles. The van der Waals surface area contributed by atoms with Crippen molar-refractivity contribution in [1.29, 1.82) is 0 Å². The molecular weight excluding hydrogens is 244 g/mol. The number of aryl methyl sites for hydroxylation is 1. The molecule has 0 radical (unpaired) electrons. The van der Waals surface area contributed by atoms with E-state index in [1.165, 1.54) is 24.2 Å². The van der Waals surface area contributed by atoms with E-state index in [0.717, 1.165) is 9.75 Å². The first-order valence-corrected chi connectivity index (χ1v) is 6.08. The lowest BCUT2D eigenvalue weighted by Crippen LogP contribution is -2.38. The van der Waals surface area contributed by atoms with Crippen LogP contribution in [-0.2, 0) is 0 Å². The van der Waals surface area contributed by atoms with E-state index in [-0.39, 0.29) is 24.4 Å². The minimum atomic E-state index is 0. The van der Waals surface area contributed by atoms with Crippen LogP contribution in [0.5, 0.6) is 0 Å². The van der Waals surface area contributed by atoms with Gasteiger partial charge in [0, 0.05) is 17.5 Å². The molecule has 0 bridgehead atoms. The van der Waals surface area contributed by atoms with Gasteiger partial charge in [0.25, 0.3) is 5.91 Å². The minimum Gasteiger partial charge on any atom is -0.350 e. The number of hydrogen-bond acceptors (Lipinski definition) is 3. The second-order valence-corrected chi connectivity index (χ2v) is 5.41. The quantitative estimate of drug-likeness (QED) is 0.869. The molecule has 3 N–H and O–H groups in total. The number of amides is 1. The topological polar surface area (TPSA) is 55.1 Å². The molecule has 1 fully saturated rings. The Morgan fingerprint density at radius 1 is 1.62 bits per heavy atom. The highest BCUT2D eigenvalue weighted by atomic mass is 35.5. The summed E-state index contributed by atoms with van der Waals surface area (Å²) in [5.41, 5.74) is 5.90. The van der Waals surface area contributed by atoms with E-state index in [2.05, 4.69) is 5.32 Å². The van der Waals surface area contributed by atoms with E-state index in [1.807, 2.05) is 19.1 Å². The van der Waals surface area contributed by atoms with Crippen molar-refractivity contribution < 1.29 is 4.79 Å². The van der Waals surface area contributed by atoms with E-state index in [4.69, 9.17) is 5.73 Å². The summed E-state index contributed by atoms with van der Waals surface area (Å²) in [6.45, 7) is 2.60. The lowest BCUT2D eigenvalue weighted by molar-refractivity contribution is 0.0954. The molecule has 1 aliphatic carbocycles. The maximum Gasteiger partial charge on any atom is 0.261 e. The van der Waals surface area contributed by atoms with Gasteiger partial charge in [-0.1, -0.05) is 0 Å². The van der Waals surface area contributed by atoms with Crippen LogP contribution in [0.3, 0.4) is 0 Å². The number of nitrogens with two attached hydrogens (primary N) is 1. The van der Waals surface area contributed by atoms with Crippen molar-refractivity contribution in [2.75, 3.05) is 6.54 Å². The molecule has 1 aromatic heterocycles. The summed E-state index contributed by atoms with van der Waals surface area (Å²) < 4.78 is 0. The summed E-state index contributed by atoms with van der Waals surface area (Å²) in [6.07, 6.45) is 2.43. The van der Waals surface area contributed by atoms with Gasteiger partial charge in [0.1, 0.15) is 0 Å². The van der Waals surface area contributed by atoms with Gasteiger partial charge in [-0.05, 0) is 37.8 Å². The monoisotopic (exact) mass is 260 g/mol. The fourth-order valence-corrected chi connectivity index (χ4v) is 2.33. The largest absolute Gasteiger partial charge is 0.350 e. The van der Waals surface area contributed by atoms with Crippen LogP contribution in [0.15, 0.2) is 12.1 Å². The highest BCUT2D eigenvalue weighted by molar-refractivity contribution is 7.13. The number of carbonyl (C=O) groups excluding carboxylic acids is 1. The fraction of sp³-hybridized carbons (Fsp3) is 0.545. The molecule has 0 spiro atoms. The normalized spacial score (nSPS) is 16.4. The number of hydrogen-bond donors (Lipinski definition) is 2. The van der Waals surface area contributed by atoms with Gasteiger partial charge >= 0.3 is 0 Å². The first kappa shape index (κ1) is 13.5. The molecule has 1 amide bonds. The Morgan fingerprint density at radius 2 is 2.31 bits per heavy atom. The van der Waals surface area contributed by atoms with Gasteiger partial charge in [0.05, 0.1) is 4.88 Å². The number of carbonyl (C=O) groups is 1. The summed E-state index contributed by atoms with van der Waals surface area (Å²) in [5.74, 6) is 0.638. The van der Waals surface area contributed by atoms with Gasteiger partial charge in [-0.2, -0.15) is 0 Å². The maximum absolute atomic E-state index is 11.6. The summed E-state index contributed by atoms with van der Waals surface area (Å²) in [4.78, 5) is 13.6. The molecule has 2 rings (SSSR count). The van der Waals surface area contributed by atoms with Crippen LogP contribution in [0.2, 0.25) is 0 Å². The van der Waals surface area contributed by atoms with Gasteiger partial charge in [-0.15, -0.1) is 23.7 Å². The maximum atomic E-state index is 11.6. The second-order valence-electron chi connectivity index (χ2n) is 4.12. The van der Waals surface area contributed by atoms with Crippen LogP contribution in [0.1, 0.15) is 27.4 Å². The first-order valence-electron chi connectivity index (χ1n) is 5.27. The summed E-state index contributed by atoms with van der Waals surface area (Å²) >= 11 is 1.52. The third-order valence-corrected chi connectivity index (χ3v) is 3.69. The lowest BCUT2D eigenvalue weighted by atomic mass is 10.2. The first-order chi connectivity index (χ1) is 7.16. The molecule has 1 heterocycles. The van der Waals surface area contributed by atoms with E-state index < -0.39 is 0 Å². The Kier molecular flexibility index (Phi) is 4.77. The lowest BCUT2D eigenvalue weighted by Gasteiger charge is -2.10. The van der Waals surface area contributed by atoms with E-state index in [0.29, 0.717) is 12.5 Å². The number of rotatable bonds is 4. The summed E-state index contributed by atoms with van der Waals surface area (Å²) in [6, 6.07) is 3.95. The number of nitrogens with one attached hydrogen (secondary N) is 1. The molecule has 0 aromatic carbocycles. The fourth-order valence-electron chi connectivity index (χ4n) is 1.55. The molecule has 1 aliphatic rings. The predicted octanol–water partition coefficient (Wildman–Crippen LogP) is 1.95. The molecule has 1 aromatic rings. The Labute approximate surface area is 106 Å². The van der Waals surface area contributed by atoms with E-state index in [1.54, 1.807) is 0 Å². The van der Waals surface area contributed by atoms with Crippen molar-refractivity contribution in [3.63, 3.8) is 0 Å². The van der Waals surface area contributed by atoms with Crippen molar-refractivity contribution in [3.05, 3.63) is 21.9 Å². The van der Waals surface area contributed by atoms with Gasteiger partial charge in [-0.3, -0.25) is 4.79 Å². The average Bonchev–Trinajstić information content (AvgIpc) is 2.97. The average molecular weight is 261 g/mol. The van der Waals surface area contributed by atoms with Crippen LogP contribution in [-0.4, -0.2) is 18.5 Å². The van der Waals surface area contributed by atoms with Crippen molar-refractivity contribution in [1.82, 2.24) is 5.32 Å². The zero-order chi connectivity index (χ0) is 10.8. The molecule has 0 aliphatic heterocycles. The molecular formula is C11H17ClN2OS. The van der Waals surface area contributed by atoms with Crippen LogP contribution in [0, 0.1) is 12.8 Å². The van der Waals surface area contributed by atoms with Gasteiger partial charge in [0.15, 0.2) is 0 Å². The number of halogens is 1. The molecule has 1 atom stereocenters. The van der Waals surface area contributed by atoms with Crippen molar-refractivity contribution in [2.24, 2.45) is 11.7 Å². The van der Waals surface area contributed by atoms with Crippen LogP contribution in [0.25, 0.3) is 0 Å². The predicted molar refractivity (Wildman–Crippen MR) is 69.3 cm³/mol. The van der Waals surface area contributed by atoms with Crippen molar-refractivity contribution in [2.45, 2.75) is 25.8 Å². The third-order valence-electron chi connectivity index (χ3n) is 2.69. The molecule has 16 heavy (non-hydrogen) atoms. The Bertz CT molecular complexity index is 363. The summed E-state index contributed by atoms with van der Waals surface area (Å²) in [7, 11) is 0. The zero-order valence-corrected chi connectivity index (χ0v) is 10.9. The van der Waals surface area contributed by atoms with Crippen LogP contribution < -0.4 is 11.1 Å². The number of thiophene rings is 1. The van der Waals surface area contributed by atoms with Crippen LogP contribution in [0.4, 0.5) is 0 Å². The molecule has 5 heteroatoms. The van der Waals surface area contributed by atoms with Crippen LogP contribution >= 0.6 is 23.7 Å². The van der Waals surface area contributed by atoms with Gasteiger partial charge < -0.3 is 11.1 Å². The minimum absolute atomic E-state index is 0. The third kappa shape index (κ3) is 3.47. The zero-order valence-electron chi connectivity index (χ0n) is 9.23. The highest BCUT2D eigenvalue weighted by Gasteiger charge is 2.28. The summed E-state index contributed by atoms with van der Waals surface area (Å²) in [5, 5.41) is 2.88. The molecule has 3 nitrogen and oxygen atoms in total. The SMILES string of the molecule is Cc1ccc(C(=O)NCC(N)C2CC2)s1.Cl. The highest BCUT2D eigenvalue weighted by Crippen LogP contribution is 2.31. The molecule has 1 saturated carbocycles. The van der Waals surface area contributed by atoms with E-state index in [9.17, 15) is 4.79 Å². The van der Waals surface area contributed by atoms with Crippen molar-refractivity contribution in [3.8, 4) is 0 Å². The Balaban J connectivity index is 0.00000128. The van der Waals surface area contributed by atoms with Gasteiger partial charge in [-0.25, -0.2) is 0 Å². The second kappa shape index (κ2) is 5.66. The smallest absolute Gasteiger partial charge is 0.261 e. The Morgan fingerprint density at radius 3 is 2.81 bits per heavy atom. The van der Waals surface area contributed by atoms with E-state index >= 15 is 0 Å². The standard InChI is InChI=1S/C11H16N2OS.ClH/c1-7-2-5-10(15-7)11(14)13-6-9(12)8-3-4-8;/h2,5,8-9H,3-4,6,12H2,1H3,(H,13,14);1H. The van der Waals surface area contributed by atoms with Gasteiger partial charge in [0.2, 0.25) is 0 Å². The molecule has 1 unspecified atom stereocenters. The molecule has 90 valence electrons.